The van der Waals surface area contributed by atoms with E-state index in [1.54, 1.807) is 19.2 Å². The Hall–Kier alpha value is -2.42. The molecule has 212 valence electrons. The highest BCUT2D eigenvalue weighted by atomic mass is 35.5. The van der Waals surface area contributed by atoms with Gasteiger partial charge in [0.05, 0.1) is 12.7 Å². The van der Waals surface area contributed by atoms with E-state index in [0.29, 0.717) is 37.0 Å². The van der Waals surface area contributed by atoms with Crippen molar-refractivity contribution in [1.29, 1.82) is 0 Å². The van der Waals surface area contributed by atoms with Crippen LogP contribution in [0.4, 0.5) is 5.82 Å². The second-order valence-corrected chi connectivity index (χ2v) is 12.6. The zero-order chi connectivity index (χ0) is 27.9. The molecule has 0 radical (unpaired) electrons. The van der Waals surface area contributed by atoms with Crippen molar-refractivity contribution in [3.05, 3.63) is 64.3 Å². The summed E-state index contributed by atoms with van der Waals surface area (Å²) in [4.78, 5) is 20.0. The second-order valence-electron chi connectivity index (χ2n) is 10.9. The molecule has 0 fully saturated rings. The van der Waals surface area contributed by atoms with Crippen molar-refractivity contribution < 1.29 is 18.5 Å². The van der Waals surface area contributed by atoms with E-state index in [9.17, 15) is 9.00 Å². The Morgan fingerprint density at radius 1 is 1.13 bits per heavy atom. The van der Waals surface area contributed by atoms with E-state index in [0.717, 1.165) is 30.7 Å². The van der Waals surface area contributed by atoms with E-state index in [-0.39, 0.29) is 29.6 Å². The van der Waals surface area contributed by atoms with Crippen molar-refractivity contribution >= 4 is 33.9 Å². The summed E-state index contributed by atoms with van der Waals surface area (Å²) >= 11 is 6.38. The number of rotatable bonds is 1. The Balaban J connectivity index is 1.84. The molecule has 0 spiro atoms. The molecule has 0 saturated heterocycles. The Kier molecular flexibility index (Phi) is 10.4. The number of anilines is 1. The number of hydrogen-bond donors (Lipinski definition) is 1. The summed E-state index contributed by atoms with van der Waals surface area (Å²) in [5, 5.41) is 0.723. The van der Waals surface area contributed by atoms with Crippen LogP contribution in [0.1, 0.15) is 61.6 Å². The molecule has 1 aromatic heterocycles. The van der Waals surface area contributed by atoms with Crippen molar-refractivity contribution in [1.82, 2.24) is 4.98 Å². The molecule has 5 atom stereocenters. The Labute approximate surface area is 239 Å². The molecule has 9 heteroatoms. The van der Waals surface area contributed by atoms with Crippen LogP contribution in [0.3, 0.4) is 0 Å². The number of carbonyl (C=O) groups excluding carboxylic acids is 1. The lowest BCUT2D eigenvalue weighted by atomic mass is 9.89. The quantitative estimate of drug-likeness (QED) is 0.326. The number of allylic oxidation sites excluding steroid dienone is 1. The largest absolute Gasteiger partial charge is 0.490 e. The molecule has 7 nitrogen and oxygen atoms in total. The molecule has 0 aliphatic carbocycles. The number of aryl methyl sites for hydroxylation is 1. The summed E-state index contributed by atoms with van der Waals surface area (Å²) in [5.74, 6) is 1.56. The molecular formula is C30H40ClN3O4S. The summed E-state index contributed by atoms with van der Waals surface area (Å²) in [6, 6.07) is 9.48. The molecule has 4 rings (SSSR count). The average molecular weight is 574 g/mol. The van der Waals surface area contributed by atoms with Crippen LogP contribution in [0.15, 0.2) is 46.8 Å². The van der Waals surface area contributed by atoms with Crippen molar-refractivity contribution in [2.24, 2.45) is 22.1 Å². The van der Waals surface area contributed by atoms with E-state index >= 15 is 0 Å². The monoisotopic (exact) mass is 573 g/mol. The SMILES string of the molecule is CO[C@H]1/C=C/C[C@H](C)C/[SH](=O)=N\C(=O)c2ccc3c(n2)N(Cc2ccc(Cl)cc2CCCCO3)C[C@H](C)[C@H]1C. The van der Waals surface area contributed by atoms with Gasteiger partial charge < -0.3 is 14.4 Å². The minimum atomic E-state index is -2.04. The highest BCUT2D eigenvalue weighted by Gasteiger charge is 2.27. The van der Waals surface area contributed by atoms with E-state index in [1.165, 1.54) is 11.1 Å². The van der Waals surface area contributed by atoms with Crippen LogP contribution in [-0.2, 0) is 28.3 Å². The molecule has 1 unspecified atom stereocenters. The number of pyridine rings is 1. The lowest BCUT2D eigenvalue weighted by Crippen LogP contribution is -2.35. The van der Waals surface area contributed by atoms with Gasteiger partial charge in [0.25, 0.3) is 0 Å². The fourth-order valence-electron chi connectivity index (χ4n) is 5.19. The van der Waals surface area contributed by atoms with Gasteiger partial charge in [-0.3, -0.25) is 9.00 Å². The standard InChI is InChI=1S/C30H40ClN3O4S/c1-20-8-7-10-27(37-4)22(3)21(2)17-34-18-24-11-12-25(31)16-23(24)9-5-6-15-38-28-14-13-26(32-29(28)34)30(35)33-39(36)19-20/h7,10-14,16,20-22,27,39H,5-6,8-9,15,17-19H2,1-4H3/b10-7+/t20-,21-,22+,27-/m0/s1. The van der Waals surface area contributed by atoms with Crippen molar-refractivity contribution in [2.45, 2.75) is 59.1 Å². The van der Waals surface area contributed by atoms with Gasteiger partial charge in [-0.1, -0.05) is 50.6 Å². The maximum atomic E-state index is 13.1. The highest BCUT2D eigenvalue weighted by Crippen LogP contribution is 2.33. The van der Waals surface area contributed by atoms with Gasteiger partial charge in [0.2, 0.25) is 0 Å². The molecule has 0 saturated carbocycles. The van der Waals surface area contributed by atoms with Crippen LogP contribution in [-0.4, -0.2) is 47.2 Å². The van der Waals surface area contributed by atoms with Crippen LogP contribution in [0.25, 0.3) is 0 Å². The first kappa shape index (κ1) is 29.6. The zero-order valence-electron chi connectivity index (χ0n) is 23.3. The maximum absolute atomic E-state index is 13.1. The first-order chi connectivity index (χ1) is 18.7. The molecule has 2 bridgehead atoms. The van der Waals surface area contributed by atoms with E-state index in [2.05, 4.69) is 47.4 Å². The molecule has 2 aromatic rings. The summed E-state index contributed by atoms with van der Waals surface area (Å²) < 4.78 is 28.8. The Morgan fingerprint density at radius 3 is 2.74 bits per heavy atom. The molecule has 3 heterocycles. The van der Waals surface area contributed by atoms with Crippen LogP contribution >= 0.6 is 11.6 Å². The lowest BCUT2D eigenvalue weighted by Gasteiger charge is -2.33. The summed E-state index contributed by atoms with van der Waals surface area (Å²) in [6.45, 7) is 8.24. The number of thiol groups is 1. The number of benzene rings is 1. The minimum absolute atomic E-state index is 0.0647. The molecular weight excluding hydrogens is 534 g/mol. The number of hydrogen-bond acceptors (Lipinski definition) is 6. The minimum Gasteiger partial charge on any atom is -0.490 e. The number of halogens is 1. The van der Waals surface area contributed by atoms with Gasteiger partial charge in [0.1, 0.15) is 5.69 Å². The number of nitrogens with zero attached hydrogens (tertiary/aromatic N) is 3. The average Bonchev–Trinajstić information content (AvgIpc) is 2.93. The number of fused-ring (bicyclic) bond motifs is 2. The predicted octanol–water partition coefficient (Wildman–Crippen LogP) is 6.14. The molecule has 2 aliphatic heterocycles. The van der Waals surface area contributed by atoms with Gasteiger partial charge in [-0.25, -0.2) is 4.98 Å². The van der Waals surface area contributed by atoms with Crippen molar-refractivity contribution in [3.8, 4) is 5.75 Å². The van der Waals surface area contributed by atoms with Crippen LogP contribution in [0.5, 0.6) is 5.75 Å². The van der Waals surface area contributed by atoms with Gasteiger partial charge in [0, 0.05) is 41.6 Å². The van der Waals surface area contributed by atoms with Gasteiger partial charge in [0.15, 0.2) is 11.6 Å². The molecule has 1 aromatic carbocycles. The lowest BCUT2D eigenvalue weighted by molar-refractivity contribution is 0.0745. The van der Waals surface area contributed by atoms with Gasteiger partial charge >= 0.3 is 5.91 Å². The highest BCUT2D eigenvalue weighted by molar-refractivity contribution is 7.75. The third-order valence-electron chi connectivity index (χ3n) is 7.72. The summed E-state index contributed by atoms with van der Waals surface area (Å²) in [5.41, 5.74) is 2.56. The van der Waals surface area contributed by atoms with Crippen LogP contribution in [0, 0.1) is 17.8 Å². The molecule has 39 heavy (non-hydrogen) atoms. The molecule has 2 aliphatic rings. The fraction of sp³-hybridized carbons (Fsp3) is 0.533. The maximum Gasteiger partial charge on any atom is 0.303 e. The Bertz CT molecular complexity index is 1280. The van der Waals surface area contributed by atoms with Gasteiger partial charge in [-0.2, -0.15) is 4.36 Å². The van der Waals surface area contributed by atoms with Gasteiger partial charge in [-0.05, 0) is 78.8 Å². The van der Waals surface area contributed by atoms with E-state index in [1.807, 2.05) is 13.0 Å². The predicted molar refractivity (Wildman–Crippen MR) is 158 cm³/mol. The first-order valence-electron chi connectivity index (χ1n) is 13.8. The third-order valence-corrected chi connectivity index (χ3v) is 9.29. The Morgan fingerprint density at radius 2 is 1.95 bits per heavy atom. The normalized spacial score (nSPS) is 28.3. The number of ether oxygens (including phenoxy) is 2. The molecule has 1 amide bonds. The van der Waals surface area contributed by atoms with Crippen molar-refractivity contribution in [3.63, 3.8) is 0 Å². The van der Waals surface area contributed by atoms with E-state index < -0.39 is 16.5 Å². The summed E-state index contributed by atoms with van der Waals surface area (Å²) in [7, 11) is -0.300. The smallest absolute Gasteiger partial charge is 0.303 e. The van der Waals surface area contributed by atoms with Crippen LogP contribution < -0.4 is 9.64 Å². The zero-order valence-corrected chi connectivity index (χ0v) is 25.0. The van der Waals surface area contributed by atoms with E-state index in [4.69, 9.17) is 26.1 Å². The van der Waals surface area contributed by atoms with Gasteiger partial charge in [-0.15, -0.1) is 0 Å². The second kappa shape index (κ2) is 13.8. The number of methoxy groups -OCH3 is 1. The van der Waals surface area contributed by atoms with Crippen LogP contribution in [0.2, 0.25) is 5.02 Å². The first-order valence-corrected chi connectivity index (χ1v) is 15.6. The number of aromatic nitrogens is 1. The third kappa shape index (κ3) is 7.83. The number of carbonyl (C=O) groups is 1. The van der Waals surface area contributed by atoms with Crippen molar-refractivity contribution in [2.75, 3.05) is 30.9 Å². The molecule has 0 N–H and O–H groups in total. The number of amides is 1. The summed E-state index contributed by atoms with van der Waals surface area (Å²) in [6.07, 6.45) is 7.66. The topological polar surface area (TPSA) is 81.1 Å². The fourth-order valence-corrected chi connectivity index (χ4v) is 6.46.